The second-order valence-corrected chi connectivity index (χ2v) is 7.40. The van der Waals surface area contributed by atoms with Crippen molar-refractivity contribution in [3.05, 3.63) is 0 Å². The van der Waals surface area contributed by atoms with E-state index in [9.17, 15) is 19.2 Å². The van der Waals surface area contributed by atoms with Crippen LogP contribution >= 0.6 is 0 Å². The third-order valence-corrected chi connectivity index (χ3v) is 5.70. The molecular weight excluding hydrogens is 308 g/mol. The normalized spacial score (nSPS) is 35.5. The van der Waals surface area contributed by atoms with Crippen molar-refractivity contribution in [2.75, 3.05) is 7.05 Å². The summed E-state index contributed by atoms with van der Waals surface area (Å²) in [5.41, 5.74) is 0. The molecule has 2 N–H and O–H groups in total. The van der Waals surface area contributed by atoms with E-state index in [0.29, 0.717) is 5.92 Å². The average Bonchev–Trinajstić information content (AvgIpc) is 2.47. The SMILES string of the molecule is CNC(=O)C1C(C(C)=O)C(C(=O)NC2CCC(C)CC2)C1C(C)=O. The van der Waals surface area contributed by atoms with Crippen molar-refractivity contribution in [2.45, 2.75) is 52.5 Å². The van der Waals surface area contributed by atoms with Crippen LogP contribution < -0.4 is 10.6 Å². The fourth-order valence-electron chi connectivity index (χ4n) is 4.28. The van der Waals surface area contributed by atoms with Gasteiger partial charge in [-0.1, -0.05) is 6.92 Å². The molecule has 2 amide bonds. The van der Waals surface area contributed by atoms with Gasteiger partial charge in [-0.3, -0.25) is 19.2 Å². The lowest BCUT2D eigenvalue weighted by Crippen LogP contribution is -2.63. The first-order valence-electron chi connectivity index (χ1n) is 8.80. The predicted molar refractivity (Wildman–Crippen MR) is 89.0 cm³/mol. The molecule has 2 saturated carbocycles. The highest BCUT2D eigenvalue weighted by atomic mass is 16.2. The molecule has 2 aliphatic carbocycles. The Balaban J connectivity index is 2.13. The van der Waals surface area contributed by atoms with Crippen LogP contribution in [0.15, 0.2) is 0 Å². The average molecular weight is 336 g/mol. The van der Waals surface area contributed by atoms with Crippen LogP contribution in [0.25, 0.3) is 0 Å². The summed E-state index contributed by atoms with van der Waals surface area (Å²) >= 11 is 0. The van der Waals surface area contributed by atoms with Gasteiger partial charge in [0.2, 0.25) is 11.8 Å². The van der Waals surface area contributed by atoms with E-state index in [1.54, 1.807) is 0 Å². The molecule has 0 saturated heterocycles. The minimum Gasteiger partial charge on any atom is -0.359 e. The van der Waals surface area contributed by atoms with Gasteiger partial charge in [-0.25, -0.2) is 0 Å². The number of Topliss-reactive ketones (excluding diaryl/α,β-unsaturated/α-hetero) is 2. The molecule has 0 radical (unpaired) electrons. The van der Waals surface area contributed by atoms with E-state index in [2.05, 4.69) is 17.6 Å². The highest BCUT2D eigenvalue weighted by Gasteiger charge is 2.60. The van der Waals surface area contributed by atoms with Crippen molar-refractivity contribution in [3.63, 3.8) is 0 Å². The topological polar surface area (TPSA) is 92.3 Å². The standard InChI is InChI=1S/C18H28N2O4/c1-9-5-7-12(8-6-9)20-18(24)16-13(10(2)21)15(17(23)19-4)14(16)11(3)22/h9,12-16H,5-8H2,1-4H3,(H,19,23)(H,20,24). The lowest BCUT2D eigenvalue weighted by molar-refractivity contribution is -0.164. The molecule has 2 rings (SSSR count). The summed E-state index contributed by atoms with van der Waals surface area (Å²) in [6.07, 6.45) is 3.99. The van der Waals surface area contributed by atoms with E-state index in [1.165, 1.54) is 20.9 Å². The number of rotatable bonds is 5. The number of amides is 2. The summed E-state index contributed by atoms with van der Waals surface area (Å²) < 4.78 is 0. The molecule has 0 heterocycles. The number of hydrogen-bond acceptors (Lipinski definition) is 4. The molecule has 6 nitrogen and oxygen atoms in total. The monoisotopic (exact) mass is 336 g/mol. The Labute approximate surface area is 143 Å². The minimum absolute atomic E-state index is 0.105. The van der Waals surface area contributed by atoms with Gasteiger partial charge in [-0.05, 0) is 45.4 Å². The number of carbonyl (C=O) groups excluding carboxylic acids is 4. The van der Waals surface area contributed by atoms with E-state index in [4.69, 9.17) is 0 Å². The summed E-state index contributed by atoms with van der Waals surface area (Å²) in [6, 6.07) is 0.105. The molecule has 24 heavy (non-hydrogen) atoms. The molecule has 0 bridgehead atoms. The Kier molecular flexibility index (Phi) is 5.78. The van der Waals surface area contributed by atoms with Gasteiger partial charge in [0.05, 0.1) is 11.8 Å². The van der Waals surface area contributed by atoms with Crippen molar-refractivity contribution in [1.82, 2.24) is 10.6 Å². The van der Waals surface area contributed by atoms with Crippen molar-refractivity contribution < 1.29 is 19.2 Å². The molecule has 6 heteroatoms. The van der Waals surface area contributed by atoms with Crippen LogP contribution in [0.3, 0.4) is 0 Å². The quantitative estimate of drug-likeness (QED) is 0.786. The summed E-state index contributed by atoms with van der Waals surface area (Å²) in [5, 5.41) is 5.52. The number of nitrogens with one attached hydrogen (secondary N) is 2. The van der Waals surface area contributed by atoms with E-state index in [0.717, 1.165) is 25.7 Å². The zero-order valence-electron chi connectivity index (χ0n) is 14.9. The summed E-state index contributed by atoms with van der Waals surface area (Å²) in [7, 11) is 1.48. The zero-order chi connectivity index (χ0) is 18.0. The Morgan fingerprint density at radius 3 is 1.62 bits per heavy atom. The minimum atomic E-state index is -0.730. The molecule has 2 atom stereocenters. The molecule has 0 aromatic rings. The van der Waals surface area contributed by atoms with Crippen LogP contribution in [0.5, 0.6) is 0 Å². The van der Waals surface area contributed by atoms with Crippen LogP contribution in [-0.2, 0) is 19.2 Å². The molecule has 134 valence electrons. The Morgan fingerprint density at radius 2 is 1.21 bits per heavy atom. The molecule has 2 unspecified atom stereocenters. The first-order chi connectivity index (χ1) is 11.3. The van der Waals surface area contributed by atoms with Crippen LogP contribution in [-0.4, -0.2) is 36.5 Å². The maximum absolute atomic E-state index is 12.7. The first kappa shape index (κ1) is 18.6. The van der Waals surface area contributed by atoms with Crippen LogP contribution in [0.4, 0.5) is 0 Å². The largest absolute Gasteiger partial charge is 0.359 e. The molecule has 0 aliphatic heterocycles. The summed E-state index contributed by atoms with van der Waals surface area (Å²) in [4.78, 5) is 48.8. The zero-order valence-corrected chi connectivity index (χ0v) is 14.9. The second kappa shape index (κ2) is 7.45. The van der Waals surface area contributed by atoms with E-state index in [-0.39, 0.29) is 29.4 Å². The van der Waals surface area contributed by atoms with Crippen molar-refractivity contribution in [1.29, 1.82) is 0 Å². The molecule has 2 aliphatic rings. The van der Waals surface area contributed by atoms with Gasteiger partial charge < -0.3 is 10.6 Å². The van der Waals surface area contributed by atoms with Gasteiger partial charge in [0.1, 0.15) is 11.6 Å². The van der Waals surface area contributed by atoms with E-state index in [1.807, 2.05) is 0 Å². The lowest BCUT2D eigenvalue weighted by Gasteiger charge is -2.48. The van der Waals surface area contributed by atoms with Gasteiger partial charge in [0.15, 0.2) is 0 Å². The third kappa shape index (κ3) is 3.52. The van der Waals surface area contributed by atoms with Gasteiger partial charge in [-0.2, -0.15) is 0 Å². The highest BCUT2D eigenvalue weighted by molar-refractivity contribution is 6.02. The summed E-state index contributed by atoms with van der Waals surface area (Å²) in [6.45, 7) is 4.98. The van der Waals surface area contributed by atoms with Gasteiger partial charge >= 0.3 is 0 Å². The van der Waals surface area contributed by atoms with Crippen LogP contribution in [0.1, 0.15) is 46.5 Å². The van der Waals surface area contributed by atoms with Gasteiger partial charge in [0, 0.05) is 24.9 Å². The number of carbonyl (C=O) groups is 4. The second-order valence-electron chi connectivity index (χ2n) is 7.40. The molecule has 2 fully saturated rings. The first-order valence-corrected chi connectivity index (χ1v) is 8.80. The van der Waals surface area contributed by atoms with E-state index >= 15 is 0 Å². The van der Waals surface area contributed by atoms with Crippen molar-refractivity contribution >= 4 is 23.4 Å². The molecule has 0 aromatic heterocycles. The maximum atomic E-state index is 12.7. The predicted octanol–water partition coefficient (Wildman–Crippen LogP) is 1.08. The lowest BCUT2D eigenvalue weighted by atomic mass is 9.53. The number of hydrogen-bond donors (Lipinski definition) is 2. The Bertz CT molecular complexity index is 515. The smallest absolute Gasteiger partial charge is 0.224 e. The highest BCUT2D eigenvalue weighted by Crippen LogP contribution is 2.47. The van der Waals surface area contributed by atoms with Crippen LogP contribution in [0.2, 0.25) is 0 Å². The van der Waals surface area contributed by atoms with E-state index < -0.39 is 23.7 Å². The molecule has 0 aromatic carbocycles. The third-order valence-electron chi connectivity index (χ3n) is 5.70. The number of ketones is 2. The fourth-order valence-corrected chi connectivity index (χ4v) is 4.28. The summed E-state index contributed by atoms with van der Waals surface area (Å²) in [5.74, 6) is -3.20. The fraction of sp³-hybridized carbons (Fsp3) is 0.778. The Morgan fingerprint density at radius 1 is 0.750 bits per heavy atom. The van der Waals surface area contributed by atoms with Crippen LogP contribution in [0, 0.1) is 29.6 Å². The Hall–Kier alpha value is -1.72. The van der Waals surface area contributed by atoms with Crippen molar-refractivity contribution in [2.24, 2.45) is 29.6 Å². The maximum Gasteiger partial charge on any atom is 0.224 e. The molecular formula is C18H28N2O4. The molecule has 0 spiro atoms. The van der Waals surface area contributed by atoms with Crippen molar-refractivity contribution in [3.8, 4) is 0 Å². The van der Waals surface area contributed by atoms with Gasteiger partial charge in [0.25, 0.3) is 0 Å². The van der Waals surface area contributed by atoms with Gasteiger partial charge in [-0.15, -0.1) is 0 Å².